The average Bonchev–Trinajstić information content (AvgIpc) is 2.93. The molecular weight excluding hydrogens is 577 g/mol. The summed E-state index contributed by atoms with van der Waals surface area (Å²) in [5, 5.41) is 4.83. The fourth-order valence-electron chi connectivity index (χ4n) is 6.30. The Labute approximate surface area is 262 Å². The van der Waals surface area contributed by atoms with Gasteiger partial charge in [-0.1, -0.05) is 100 Å². The highest BCUT2D eigenvalue weighted by Crippen LogP contribution is 2.47. The van der Waals surface area contributed by atoms with Crippen molar-refractivity contribution in [2.75, 3.05) is 5.32 Å². The van der Waals surface area contributed by atoms with Crippen LogP contribution in [0.5, 0.6) is 11.5 Å². The summed E-state index contributed by atoms with van der Waals surface area (Å²) in [6, 6.07) is 22.8. The Hall–Kier alpha value is -3.93. The molecule has 218 valence electrons. The van der Waals surface area contributed by atoms with Crippen LogP contribution in [0.3, 0.4) is 0 Å². The number of fused-ring (bicyclic) bond motifs is 2. The Morgan fingerprint density at radius 2 is 1.49 bits per heavy atom. The van der Waals surface area contributed by atoms with Gasteiger partial charge in [0, 0.05) is 22.6 Å². The van der Waals surface area contributed by atoms with Crippen molar-refractivity contribution in [2.45, 2.75) is 53.4 Å². The van der Waals surface area contributed by atoms with E-state index in [1.807, 2.05) is 43.3 Å². The number of aromatic nitrogens is 2. The molecule has 1 N–H and O–H groups in total. The van der Waals surface area contributed by atoms with Gasteiger partial charge in [0.05, 0.1) is 32.7 Å². The molecule has 0 spiro atoms. The molecule has 0 saturated heterocycles. The third-order valence-electron chi connectivity index (χ3n) is 7.76. The summed E-state index contributed by atoms with van der Waals surface area (Å²) in [5.41, 5.74) is 5.48. The van der Waals surface area contributed by atoms with E-state index in [-0.39, 0.29) is 16.6 Å². The third-order valence-corrected chi connectivity index (χ3v) is 8.39. The van der Waals surface area contributed by atoms with Gasteiger partial charge in [-0.25, -0.2) is 9.97 Å². The number of nitrogens with zero attached hydrogens (tertiary/aromatic N) is 2. The van der Waals surface area contributed by atoms with Crippen LogP contribution in [0.25, 0.3) is 22.2 Å². The van der Waals surface area contributed by atoms with E-state index in [0.29, 0.717) is 66.5 Å². The second-order valence-corrected chi connectivity index (χ2v) is 13.8. The molecule has 5 nitrogen and oxygen atoms in total. The molecule has 0 fully saturated rings. The summed E-state index contributed by atoms with van der Waals surface area (Å²) >= 11 is 13.1. The monoisotopic (exact) mass is 609 g/mol. The second kappa shape index (κ2) is 10.7. The lowest BCUT2D eigenvalue weighted by atomic mass is 9.72. The van der Waals surface area contributed by atoms with Crippen molar-refractivity contribution in [2.24, 2.45) is 5.41 Å². The van der Waals surface area contributed by atoms with Crippen molar-refractivity contribution in [3.8, 4) is 22.8 Å². The van der Waals surface area contributed by atoms with Gasteiger partial charge < -0.3 is 10.1 Å². The molecule has 7 heteroatoms. The number of hydrogen-bond acceptors (Lipinski definition) is 5. The van der Waals surface area contributed by atoms with Crippen LogP contribution in [0.2, 0.25) is 10.0 Å². The highest BCUT2D eigenvalue weighted by molar-refractivity contribution is 6.39. The molecule has 0 aliphatic heterocycles. The Kier molecular flexibility index (Phi) is 7.22. The Balaban J connectivity index is 1.53. The zero-order valence-electron chi connectivity index (χ0n) is 25.1. The van der Waals surface area contributed by atoms with Crippen LogP contribution in [-0.4, -0.2) is 15.8 Å². The number of nitrogens with one attached hydrogen (secondary N) is 1. The molecule has 0 amide bonds. The first-order valence-electron chi connectivity index (χ1n) is 14.3. The molecule has 1 heterocycles. The smallest absolute Gasteiger partial charge is 0.196 e. The number of aryl methyl sites for hydroxylation is 1. The number of ether oxygens (including phenoxy) is 1. The second-order valence-electron chi connectivity index (χ2n) is 13.0. The first-order chi connectivity index (χ1) is 20.3. The molecule has 43 heavy (non-hydrogen) atoms. The van der Waals surface area contributed by atoms with Gasteiger partial charge >= 0.3 is 0 Å². The first kappa shape index (κ1) is 29.2. The van der Waals surface area contributed by atoms with Crippen LogP contribution < -0.4 is 10.1 Å². The van der Waals surface area contributed by atoms with E-state index in [2.05, 4.69) is 52.1 Å². The largest absolute Gasteiger partial charge is 0.455 e. The first-order valence-corrected chi connectivity index (χ1v) is 15.1. The molecule has 0 unspecified atom stereocenters. The minimum atomic E-state index is -0.136. The summed E-state index contributed by atoms with van der Waals surface area (Å²) in [6.45, 7) is 13.2. The number of benzene rings is 4. The van der Waals surface area contributed by atoms with E-state index in [1.54, 1.807) is 24.3 Å². The summed E-state index contributed by atoms with van der Waals surface area (Å²) in [7, 11) is 0. The zero-order chi connectivity index (χ0) is 30.7. The normalized spacial score (nSPS) is 12.8. The van der Waals surface area contributed by atoms with E-state index >= 15 is 0 Å². The molecule has 0 radical (unpaired) electrons. The molecule has 1 aromatic heterocycles. The highest BCUT2D eigenvalue weighted by atomic mass is 35.5. The summed E-state index contributed by atoms with van der Waals surface area (Å²) in [5.74, 6) is 1.59. The molecule has 0 saturated carbocycles. The van der Waals surface area contributed by atoms with E-state index in [9.17, 15) is 4.79 Å². The van der Waals surface area contributed by atoms with Crippen molar-refractivity contribution in [3.05, 3.63) is 105 Å². The van der Waals surface area contributed by atoms with E-state index in [0.717, 1.165) is 12.0 Å². The number of halogens is 2. The van der Waals surface area contributed by atoms with E-state index in [1.165, 1.54) is 5.56 Å². The van der Waals surface area contributed by atoms with Gasteiger partial charge in [0.25, 0.3) is 0 Å². The molecular formula is C36H33Cl2N3O2. The number of hydrogen-bond donors (Lipinski definition) is 1. The molecule has 4 aromatic carbocycles. The van der Waals surface area contributed by atoms with Crippen molar-refractivity contribution in [1.29, 1.82) is 0 Å². The van der Waals surface area contributed by atoms with Gasteiger partial charge in [-0.05, 0) is 54.0 Å². The average molecular weight is 611 g/mol. The molecule has 6 rings (SSSR count). The maximum Gasteiger partial charge on any atom is 0.196 e. The summed E-state index contributed by atoms with van der Waals surface area (Å²) in [6.07, 6.45) is 1.04. The number of ketones is 1. The quantitative estimate of drug-likeness (QED) is 0.203. The van der Waals surface area contributed by atoms with Crippen LogP contribution in [0, 0.1) is 12.3 Å². The minimum Gasteiger partial charge on any atom is -0.455 e. The van der Waals surface area contributed by atoms with Gasteiger partial charge in [-0.15, -0.1) is 0 Å². The molecule has 0 atom stereocenters. The maximum atomic E-state index is 14.1. The van der Waals surface area contributed by atoms with Gasteiger partial charge in [-0.2, -0.15) is 0 Å². The predicted octanol–water partition coefficient (Wildman–Crippen LogP) is 10.7. The summed E-state index contributed by atoms with van der Waals surface area (Å²) in [4.78, 5) is 23.7. The molecule has 0 bridgehead atoms. The lowest BCUT2D eigenvalue weighted by Gasteiger charge is -2.33. The topological polar surface area (TPSA) is 64.1 Å². The van der Waals surface area contributed by atoms with Crippen molar-refractivity contribution < 1.29 is 9.53 Å². The fraction of sp³-hybridized carbons (Fsp3) is 0.250. The van der Waals surface area contributed by atoms with Gasteiger partial charge in [0.2, 0.25) is 0 Å². The molecule has 1 aliphatic carbocycles. The zero-order valence-corrected chi connectivity index (χ0v) is 26.6. The van der Waals surface area contributed by atoms with Crippen LogP contribution in [0.4, 0.5) is 11.4 Å². The number of carbonyl (C=O) groups excluding carboxylic acids is 1. The highest BCUT2D eigenvalue weighted by Gasteiger charge is 2.32. The predicted molar refractivity (Wildman–Crippen MR) is 177 cm³/mol. The van der Waals surface area contributed by atoms with Crippen LogP contribution >= 0.6 is 23.2 Å². The Morgan fingerprint density at radius 1 is 0.837 bits per heavy atom. The van der Waals surface area contributed by atoms with Crippen molar-refractivity contribution in [1.82, 2.24) is 9.97 Å². The standard InChI is InChI=1S/C36H33Cl2N3O2/c1-20-39-31-23-10-7-8-11-24(23)34(42)29-27(41-32-25(37)12-9-13-26(32)38)18-28(33(40-20)30(29)31)43-22-16-14-21(15-17-22)36(5,6)19-35(2,3)4/h7-18,41H,19H2,1-6H3. The third kappa shape index (κ3) is 5.48. The molecule has 5 aromatic rings. The van der Waals surface area contributed by atoms with Crippen LogP contribution in [0.1, 0.15) is 68.3 Å². The Morgan fingerprint density at radius 3 is 2.14 bits per heavy atom. The maximum absolute atomic E-state index is 14.1. The number of para-hydroxylation sites is 1. The molecule has 1 aliphatic rings. The van der Waals surface area contributed by atoms with Gasteiger partial charge in [0.15, 0.2) is 11.5 Å². The lowest BCUT2D eigenvalue weighted by molar-refractivity contribution is 0.104. The van der Waals surface area contributed by atoms with E-state index in [4.69, 9.17) is 37.9 Å². The van der Waals surface area contributed by atoms with Gasteiger partial charge in [0.1, 0.15) is 17.1 Å². The van der Waals surface area contributed by atoms with Crippen LogP contribution in [0.15, 0.2) is 72.8 Å². The van der Waals surface area contributed by atoms with E-state index < -0.39 is 0 Å². The number of anilines is 2. The Bertz CT molecular complexity index is 1890. The lowest BCUT2D eigenvalue weighted by Crippen LogP contribution is -2.24. The van der Waals surface area contributed by atoms with Gasteiger partial charge in [-0.3, -0.25) is 4.79 Å². The number of rotatable bonds is 6. The fourth-order valence-corrected chi connectivity index (χ4v) is 6.80. The SMILES string of the molecule is Cc1nc2c3c(c(Nc4c(Cl)cccc4Cl)cc(Oc4ccc(C(C)(C)CC(C)(C)C)cc4)c3n1)C(=O)c1ccccc1-2. The van der Waals surface area contributed by atoms with Crippen molar-refractivity contribution >= 4 is 51.3 Å². The number of carbonyl (C=O) groups is 1. The minimum absolute atomic E-state index is 0.000424. The van der Waals surface area contributed by atoms with Crippen molar-refractivity contribution in [3.63, 3.8) is 0 Å². The summed E-state index contributed by atoms with van der Waals surface area (Å²) < 4.78 is 6.55. The van der Waals surface area contributed by atoms with Crippen LogP contribution in [-0.2, 0) is 5.41 Å².